The van der Waals surface area contributed by atoms with E-state index >= 15 is 0 Å². The highest BCUT2D eigenvalue weighted by Crippen LogP contribution is 2.25. The Balaban J connectivity index is 1.66. The van der Waals surface area contributed by atoms with Gasteiger partial charge in [-0.15, -0.1) is 0 Å². The molecule has 3 aromatic rings. The highest BCUT2D eigenvalue weighted by molar-refractivity contribution is 5.95. The first-order chi connectivity index (χ1) is 12.1. The summed E-state index contributed by atoms with van der Waals surface area (Å²) in [7, 11) is 0. The molecule has 0 aliphatic carbocycles. The summed E-state index contributed by atoms with van der Waals surface area (Å²) >= 11 is 0. The molecule has 126 valence electrons. The van der Waals surface area contributed by atoms with Gasteiger partial charge in [-0.05, 0) is 55.0 Å². The standard InChI is InChI=1S/C20H17F2N2O/c21-16-7-3-14(4-8-16)18-12-23(20-2-1-11-24(18)20)13-19(25)15-5-9-17(22)10-6-15/h3-10,12H,1-2,11,13H2/q+1. The molecule has 0 saturated carbocycles. The van der Waals surface area contributed by atoms with Crippen molar-refractivity contribution < 1.29 is 18.1 Å². The summed E-state index contributed by atoms with van der Waals surface area (Å²) in [6.45, 7) is 1.10. The number of aromatic nitrogens is 2. The van der Waals surface area contributed by atoms with Crippen LogP contribution >= 0.6 is 0 Å². The quantitative estimate of drug-likeness (QED) is 0.527. The Labute approximate surface area is 144 Å². The van der Waals surface area contributed by atoms with Crippen LogP contribution in [0.4, 0.5) is 8.78 Å². The summed E-state index contributed by atoms with van der Waals surface area (Å²) in [5, 5.41) is 0. The molecule has 25 heavy (non-hydrogen) atoms. The third-order valence-corrected chi connectivity index (χ3v) is 4.61. The van der Waals surface area contributed by atoms with Gasteiger partial charge in [0.05, 0.1) is 13.0 Å². The molecule has 3 nitrogen and oxygen atoms in total. The van der Waals surface area contributed by atoms with E-state index in [1.165, 1.54) is 36.4 Å². The first kappa shape index (κ1) is 15.7. The molecular weight excluding hydrogens is 322 g/mol. The van der Waals surface area contributed by atoms with Crippen LogP contribution in [-0.2, 0) is 19.5 Å². The van der Waals surface area contributed by atoms with Crippen molar-refractivity contribution >= 4 is 5.78 Å². The van der Waals surface area contributed by atoms with E-state index in [0.717, 1.165) is 36.5 Å². The molecule has 1 aliphatic heterocycles. The van der Waals surface area contributed by atoms with Gasteiger partial charge >= 0.3 is 0 Å². The molecule has 0 radical (unpaired) electrons. The van der Waals surface area contributed by atoms with Gasteiger partial charge in [-0.1, -0.05) is 0 Å². The van der Waals surface area contributed by atoms with Gasteiger partial charge in [-0.25, -0.2) is 17.9 Å². The van der Waals surface area contributed by atoms with Crippen LogP contribution in [-0.4, -0.2) is 10.4 Å². The minimum absolute atomic E-state index is 0.0593. The zero-order chi connectivity index (χ0) is 17.4. The van der Waals surface area contributed by atoms with Gasteiger partial charge in [0.1, 0.15) is 17.8 Å². The van der Waals surface area contributed by atoms with Crippen molar-refractivity contribution in [1.82, 2.24) is 4.57 Å². The molecule has 0 amide bonds. The van der Waals surface area contributed by atoms with Gasteiger partial charge in [0.2, 0.25) is 5.78 Å². The molecule has 0 N–H and O–H groups in total. The minimum Gasteiger partial charge on any atom is -0.290 e. The third kappa shape index (κ3) is 2.97. The van der Waals surface area contributed by atoms with Crippen LogP contribution < -0.4 is 4.57 Å². The number of rotatable bonds is 4. The molecule has 2 heterocycles. The Kier molecular flexibility index (Phi) is 3.92. The van der Waals surface area contributed by atoms with E-state index in [1.54, 1.807) is 12.1 Å². The summed E-state index contributed by atoms with van der Waals surface area (Å²) in [6, 6.07) is 12.0. The maximum Gasteiger partial charge on any atom is 0.257 e. The van der Waals surface area contributed by atoms with Crippen molar-refractivity contribution in [1.29, 1.82) is 0 Å². The number of imidazole rings is 1. The normalized spacial score (nSPS) is 13.0. The number of hydrogen-bond donors (Lipinski definition) is 0. The monoisotopic (exact) mass is 339 g/mol. The number of carbonyl (C=O) groups excluding carboxylic acids is 1. The van der Waals surface area contributed by atoms with Gasteiger partial charge < -0.3 is 0 Å². The lowest BCUT2D eigenvalue weighted by atomic mass is 10.1. The second-order valence-corrected chi connectivity index (χ2v) is 6.25. The van der Waals surface area contributed by atoms with E-state index < -0.39 is 0 Å². The molecule has 5 heteroatoms. The van der Waals surface area contributed by atoms with Crippen molar-refractivity contribution in [3.63, 3.8) is 0 Å². The summed E-state index contributed by atoms with van der Waals surface area (Å²) in [4.78, 5) is 12.5. The lowest BCUT2D eigenvalue weighted by molar-refractivity contribution is -0.689. The number of hydrogen-bond acceptors (Lipinski definition) is 1. The first-order valence-corrected chi connectivity index (χ1v) is 8.28. The van der Waals surface area contributed by atoms with E-state index in [4.69, 9.17) is 0 Å². The molecule has 0 bridgehead atoms. The minimum atomic E-state index is -0.354. The van der Waals surface area contributed by atoms with Crippen molar-refractivity contribution in [2.24, 2.45) is 0 Å². The van der Waals surface area contributed by atoms with E-state index in [0.29, 0.717) is 5.56 Å². The number of carbonyl (C=O) groups is 1. The Morgan fingerprint density at radius 1 is 1.00 bits per heavy atom. The van der Waals surface area contributed by atoms with Gasteiger partial charge in [-0.2, -0.15) is 0 Å². The van der Waals surface area contributed by atoms with Crippen molar-refractivity contribution in [3.8, 4) is 11.3 Å². The highest BCUT2D eigenvalue weighted by Gasteiger charge is 2.29. The van der Waals surface area contributed by atoms with E-state index in [2.05, 4.69) is 4.57 Å². The molecule has 0 saturated heterocycles. The van der Waals surface area contributed by atoms with Gasteiger partial charge in [0.15, 0.2) is 12.2 Å². The van der Waals surface area contributed by atoms with Gasteiger partial charge in [0.25, 0.3) is 5.82 Å². The Bertz CT molecular complexity index is 928. The lowest BCUT2D eigenvalue weighted by Crippen LogP contribution is -2.40. The molecule has 0 atom stereocenters. The van der Waals surface area contributed by atoms with Crippen LogP contribution in [0.5, 0.6) is 0 Å². The van der Waals surface area contributed by atoms with Crippen LogP contribution in [0.2, 0.25) is 0 Å². The summed E-state index contributed by atoms with van der Waals surface area (Å²) < 4.78 is 30.4. The molecule has 1 aromatic heterocycles. The average molecular weight is 339 g/mol. The largest absolute Gasteiger partial charge is 0.290 e. The molecule has 0 unspecified atom stereocenters. The van der Waals surface area contributed by atoms with Crippen molar-refractivity contribution in [2.75, 3.05) is 0 Å². The number of Topliss-reactive ketones (excluding diaryl/α,β-unsaturated/α-hetero) is 1. The number of fused-ring (bicyclic) bond motifs is 1. The molecular formula is C20H17F2N2O+. The second kappa shape index (κ2) is 6.24. The smallest absolute Gasteiger partial charge is 0.257 e. The van der Waals surface area contributed by atoms with Crippen LogP contribution in [0.15, 0.2) is 54.7 Å². The van der Waals surface area contributed by atoms with E-state index in [9.17, 15) is 13.6 Å². The Morgan fingerprint density at radius 3 is 2.32 bits per heavy atom. The van der Waals surface area contributed by atoms with Crippen LogP contribution in [0, 0.1) is 11.6 Å². The Morgan fingerprint density at radius 2 is 1.64 bits per heavy atom. The maximum atomic E-state index is 13.2. The van der Waals surface area contributed by atoms with Gasteiger partial charge in [-0.3, -0.25) is 4.79 Å². The number of nitrogens with zero attached hydrogens (tertiary/aromatic N) is 2. The molecule has 4 rings (SSSR count). The zero-order valence-corrected chi connectivity index (χ0v) is 13.6. The van der Waals surface area contributed by atoms with E-state index in [1.807, 2.05) is 10.8 Å². The van der Waals surface area contributed by atoms with E-state index in [-0.39, 0.29) is 24.0 Å². The van der Waals surface area contributed by atoms with Crippen molar-refractivity contribution in [2.45, 2.75) is 25.9 Å². The summed E-state index contributed by atoms with van der Waals surface area (Å²) in [5.74, 6) is 0.412. The van der Waals surface area contributed by atoms with Crippen molar-refractivity contribution in [3.05, 3.63) is 77.8 Å². The maximum absolute atomic E-state index is 13.2. The number of ketones is 1. The third-order valence-electron chi connectivity index (χ3n) is 4.61. The summed E-state index contributed by atoms with van der Waals surface area (Å²) in [5.41, 5.74) is 2.41. The topological polar surface area (TPSA) is 25.9 Å². The fraction of sp³-hybridized carbons (Fsp3) is 0.200. The SMILES string of the molecule is O=C(C[n+]1cc(-c2ccc(F)cc2)n2c1CCC2)c1ccc(F)cc1. The molecule has 0 fully saturated rings. The fourth-order valence-electron chi connectivity index (χ4n) is 3.38. The van der Waals surface area contributed by atoms with Crippen LogP contribution in [0.25, 0.3) is 11.3 Å². The zero-order valence-electron chi connectivity index (χ0n) is 13.6. The predicted octanol–water partition coefficient (Wildman–Crippen LogP) is 3.55. The lowest BCUT2D eigenvalue weighted by Gasteiger charge is -2.00. The number of benzene rings is 2. The molecule has 0 spiro atoms. The number of halogens is 2. The Hall–Kier alpha value is -2.82. The average Bonchev–Trinajstić information content (AvgIpc) is 3.20. The molecule has 2 aromatic carbocycles. The summed E-state index contributed by atoms with van der Waals surface area (Å²) in [6.07, 6.45) is 3.87. The second-order valence-electron chi connectivity index (χ2n) is 6.25. The van der Waals surface area contributed by atoms with Crippen LogP contribution in [0.3, 0.4) is 0 Å². The van der Waals surface area contributed by atoms with Gasteiger partial charge in [0, 0.05) is 11.1 Å². The highest BCUT2D eigenvalue weighted by atomic mass is 19.1. The predicted molar refractivity (Wildman–Crippen MR) is 89.1 cm³/mol. The first-order valence-electron chi connectivity index (χ1n) is 8.28. The fourth-order valence-corrected chi connectivity index (χ4v) is 3.38. The molecule has 1 aliphatic rings. The van der Waals surface area contributed by atoms with Crippen LogP contribution in [0.1, 0.15) is 22.6 Å².